The van der Waals surface area contributed by atoms with Crippen LogP contribution in [0.4, 0.5) is 13.2 Å². The van der Waals surface area contributed by atoms with Crippen molar-refractivity contribution < 1.29 is 18.3 Å². The van der Waals surface area contributed by atoms with Gasteiger partial charge in [0.05, 0.1) is 15.6 Å². The van der Waals surface area contributed by atoms with E-state index in [1.54, 1.807) is 0 Å². The molecule has 1 aromatic rings. The lowest BCUT2D eigenvalue weighted by atomic mass is 10.1. The first-order chi connectivity index (χ1) is 6.79. The smallest absolute Gasteiger partial charge is 0.420 e. The molecule has 0 saturated carbocycles. The molecule has 0 aliphatic carbocycles. The predicted molar refractivity (Wildman–Crippen MR) is 51.0 cm³/mol. The summed E-state index contributed by atoms with van der Waals surface area (Å²) < 4.78 is 37.1. The monoisotopic (exact) mass is 259 g/mol. The zero-order valence-electron chi connectivity index (χ0n) is 7.20. The average molecular weight is 260 g/mol. The minimum atomic E-state index is -4.69. The van der Waals surface area contributed by atoms with Crippen molar-refractivity contribution in [2.45, 2.75) is 12.7 Å². The second-order valence-electron chi connectivity index (χ2n) is 2.75. The lowest BCUT2D eigenvalue weighted by Crippen LogP contribution is -2.09. The third-order valence-electron chi connectivity index (χ3n) is 1.80. The summed E-state index contributed by atoms with van der Waals surface area (Å²) in [5, 5.41) is 8.83. The van der Waals surface area contributed by atoms with Crippen LogP contribution in [0, 0.1) is 0 Å². The maximum absolute atomic E-state index is 12.4. The van der Waals surface area contributed by atoms with E-state index >= 15 is 0 Å². The molecule has 0 bridgehead atoms. The summed E-state index contributed by atoms with van der Waals surface area (Å²) in [6, 6.07) is 0.568. The Morgan fingerprint density at radius 2 is 1.87 bits per heavy atom. The Morgan fingerprint density at radius 3 is 2.27 bits per heavy atom. The molecule has 0 unspecified atom stereocenters. The summed E-state index contributed by atoms with van der Waals surface area (Å²) in [4.78, 5) is 0. The van der Waals surface area contributed by atoms with Gasteiger partial charge in [-0.2, -0.15) is 13.2 Å². The first kappa shape index (κ1) is 12.4. The Kier molecular flexibility index (Phi) is 3.38. The van der Waals surface area contributed by atoms with Crippen molar-refractivity contribution in [1.82, 2.24) is 0 Å². The van der Waals surface area contributed by atoms with Gasteiger partial charge in [0.25, 0.3) is 0 Å². The molecular formula is C8H6Cl2F3NO. The fourth-order valence-corrected chi connectivity index (χ4v) is 1.52. The second-order valence-corrected chi connectivity index (χ2v) is 3.53. The van der Waals surface area contributed by atoms with Crippen LogP contribution in [0.1, 0.15) is 11.1 Å². The van der Waals surface area contributed by atoms with Crippen molar-refractivity contribution >= 4 is 23.2 Å². The lowest BCUT2D eigenvalue weighted by Gasteiger charge is -2.14. The number of phenolic OH excluding ortho intramolecular Hbond substituents is 1. The Hall–Kier alpha value is -0.650. The third kappa shape index (κ3) is 2.30. The maximum Gasteiger partial charge on any atom is 0.420 e. The van der Waals surface area contributed by atoms with Crippen LogP contribution in [-0.4, -0.2) is 5.11 Å². The maximum atomic E-state index is 12.4. The van der Waals surface area contributed by atoms with E-state index in [-0.39, 0.29) is 22.2 Å². The molecule has 2 nitrogen and oxygen atoms in total. The van der Waals surface area contributed by atoms with E-state index in [4.69, 9.17) is 28.9 Å². The van der Waals surface area contributed by atoms with Gasteiger partial charge >= 0.3 is 6.18 Å². The van der Waals surface area contributed by atoms with Crippen LogP contribution in [0.3, 0.4) is 0 Å². The van der Waals surface area contributed by atoms with Crippen molar-refractivity contribution in [3.8, 4) is 5.75 Å². The molecule has 0 heterocycles. The predicted octanol–water partition coefficient (Wildman–Crippen LogP) is 3.18. The van der Waals surface area contributed by atoms with E-state index < -0.39 is 17.5 Å². The summed E-state index contributed by atoms with van der Waals surface area (Å²) in [6.07, 6.45) is -4.69. The van der Waals surface area contributed by atoms with Gasteiger partial charge in [-0.3, -0.25) is 0 Å². The van der Waals surface area contributed by atoms with E-state index in [2.05, 4.69) is 0 Å². The third-order valence-corrected chi connectivity index (χ3v) is 2.62. The van der Waals surface area contributed by atoms with Gasteiger partial charge in [-0.05, 0) is 6.07 Å². The quantitative estimate of drug-likeness (QED) is 0.814. The van der Waals surface area contributed by atoms with Gasteiger partial charge in [0.15, 0.2) is 0 Å². The number of benzene rings is 1. The molecule has 0 saturated heterocycles. The highest BCUT2D eigenvalue weighted by Gasteiger charge is 2.36. The topological polar surface area (TPSA) is 46.2 Å². The number of nitrogens with two attached hydrogens (primary N) is 1. The number of phenols is 1. The summed E-state index contributed by atoms with van der Waals surface area (Å²) in [6.45, 7) is -0.325. The van der Waals surface area contributed by atoms with Gasteiger partial charge in [-0.1, -0.05) is 23.2 Å². The lowest BCUT2D eigenvalue weighted by molar-refractivity contribution is -0.138. The molecule has 0 radical (unpaired) electrons. The molecule has 0 fully saturated rings. The zero-order valence-corrected chi connectivity index (χ0v) is 8.71. The van der Waals surface area contributed by atoms with Crippen LogP contribution in [0.5, 0.6) is 5.75 Å². The summed E-state index contributed by atoms with van der Waals surface area (Å²) >= 11 is 11.1. The van der Waals surface area contributed by atoms with Gasteiger partial charge in [0.2, 0.25) is 0 Å². The van der Waals surface area contributed by atoms with Crippen LogP contribution < -0.4 is 5.73 Å². The molecule has 7 heteroatoms. The molecule has 3 N–H and O–H groups in total. The Bertz CT molecular complexity index is 392. The van der Waals surface area contributed by atoms with Crippen LogP contribution in [0.15, 0.2) is 6.07 Å². The van der Waals surface area contributed by atoms with Crippen molar-refractivity contribution in [1.29, 1.82) is 0 Å². The Balaban J connectivity index is 3.51. The van der Waals surface area contributed by atoms with Crippen LogP contribution in [0.25, 0.3) is 0 Å². The van der Waals surface area contributed by atoms with E-state index in [0.29, 0.717) is 6.07 Å². The molecule has 1 aromatic carbocycles. The molecule has 0 atom stereocenters. The molecule has 84 valence electrons. The Morgan fingerprint density at radius 1 is 1.33 bits per heavy atom. The van der Waals surface area contributed by atoms with Gasteiger partial charge in [-0.25, -0.2) is 0 Å². The van der Waals surface area contributed by atoms with Crippen molar-refractivity contribution in [2.75, 3.05) is 0 Å². The highest BCUT2D eigenvalue weighted by molar-refractivity contribution is 6.42. The first-order valence-corrected chi connectivity index (χ1v) is 4.51. The second kappa shape index (κ2) is 4.08. The standard InChI is InChI=1S/C8H6Cl2F3NO/c9-5-1-4(8(11,12)13)7(15)3(2-14)6(5)10/h1,15H,2,14H2. The molecule has 0 aliphatic rings. The van der Waals surface area contributed by atoms with Gasteiger partial charge in [-0.15, -0.1) is 0 Å². The minimum Gasteiger partial charge on any atom is -0.507 e. The molecule has 0 amide bonds. The number of alkyl halides is 3. The largest absolute Gasteiger partial charge is 0.507 e. The number of hydrogen-bond donors (Lipinski definition) is 2. The van der Waals surface area contributed by atoms with Crippen molar-refractivity contribution in [3.05, 3.63) is 27.2 Å². The molecule has 0 aromatic heterocycles. The van der Waals surface area contributed by atoms with Crippen molar-refractivity contribution in [3.63, 3.8) is 0 Å². The minimum absolute atomic E-state index is 0.162. The summed E-state index contributed by atoms with van der Waals surface area (Å²) in [7, 11) is 0. The normalized spacial score (nSPS) is 11.9. The molecule has 15 heavy (non-hydrogen) atoms. The van der Waals surface area contributed by atoms with Crippen LogP contribution >= 0.6 is 23.2 Å². The number of aromatic hydroxyl groups is 1. The SMILES string of the molecule is NCc1c(O)c(C(F)(F)F)cc(Cl)c1Cl. The molecule has 1 rings (SSSR count). The number of halogens is 5. The van der Waals surface area contributed by atoms with E-state index in [0.717, 1.165) is 0 Å². The molecule has 0 spiro atoms. The average Bonchev–Trinajstić information content (AvgIpc) is 2.10. The zero-order chi connectivity index (χ0) is 11.8. The van der Waals surface area contributed by atoms with E-state index in [1.165, 1.54) is 0 Å². The van der Waals surface area contributed by atoms with Crippen molar-refractivity contribution in [2.24, 2.45) is 5.73 Å². The molecular weight excluding hydrogens is 254 g/mol. The van der Waals surface area contributed by atoms with Gasteiger partial charge in [0, 0.05) is 12.1 Å². The Labute approximate surface area is 93.4 Å². The number of rotatable bonds is 1. The fourth-order valence-electron chi connectivity index (χ4n) is 1.07. The van der Waals surface area contributed by atoms with E-state index in [1.807, 2.05) is 0 Å². The highest BCUT2D eigenvalue weighted by atomic mass is 35.5. The van der Waals surface area contributed by atoms with Crippen LogP contribution in [-0.2, 0) is 12.7 Å². The van der Waals surface area contributed by atoms with E-state index in [9.17, 15) is 18.3 Å². The summed E-state index contributed by atoms with van der Waals surface area (Å²) in [5.41, 5.74) is 3.71. The highest BCUT2D eigenvalue weighted by Crippen LogP contribution is 2.43. The van der Waals surface area contributed by atoms with Crippen LogP contribution in [0.2, 0.25) is 10.0 Å². The van der Waals surface area contributed by atoms with Gasteiger partial charge in [0.1, 0.15) is 5.75 Å². The molecule has 0 aliphatic heterocycles. The number of hydrogen-bond acceptors (Lipinski definition) is 2. The first-order valence-electron chi connectivity index (χ1n) is 3.76. The summed E-state index contributed by atoms with van der Waals surface area (Å²) in [5.74, 6) is -0.973. The van der Waals surface area contributed by atoms with Gasteiger partial charge < -0.3 is 10.8 Å². The fraction of sp³-hybridized carbons (Fsp3) is 0.250.